The molecule has 0 aromatic heterocycles. The van der Waals surface area contributed by atoms with Crippen molar-refractivity contribution in [2.24, 2.45) is 0 Å². The molecule has 0 aromatic rings. The number of hydrogen-bond donors (Lipinski definition) is 2. The second-order valence-corrected chi connectivity index (χ2v) is 9.26. The fourth-order valence-electron chi connectivity index (χ4n) is 3.70. The summed E-state index contributed by atoms with van der Waals surface area (Å²) in [6.07, 6.45) is 27.6. The van der Waals surface area contributed by atoms with Crippen LogP contribution in [0.4, 0.5) is 0 Å². The van der Waals surface area contributed by atoms with Gasteiger partial charge in [-0.05, 0) is 12.8 Å². The van der Waals surface area contributed by atoms with Crippen LogP contribution >= 0.6 is 0 Å². The summed E-state index contributed by atoms with van der Waals surface area (Å²) < 4.78 is 5.78. The first kappa shape index (κ1) is 38.4. The van der Waals surface area contributed by atoms with E-state index in [4.69, 9.17) is 14.9 Å². The quantitative estimate of drug-likeness (QED) is 0.121. The van der Waals surface area contributed by atoms with Crippen molar-refractivity contribution in [2.45, 2.75) is 155 Å². The number of carbonyl (C=O) groups is 2. The van der Waals surface area contributed by atoms with Crippen molar-refractivity contribution in [3.05, 3.63) is 0 Å². The van der Waals surface area contributed by atoms with Crippen LogP contribution in [-0.2, 0) is 14.3 Å². The average Bonchev–Trinajstić information content (AvgIpc) is 2.79. The number of hydrogen-bond acceptors (Lipinski definition) is 3. The summed E-state index contributed by atoms with van der Waals surface area (Å²) in [7, 11) is 0. The van der Waals surface area contributed by atoms with Crippen LogP contribution in [0.15, 0.2) is 0 Å². The van der Waals surface area contributed by atoms with Gasteiger partial charge in [0.1, 0.15) is 0 Å². The van der Waals surface area contributed by atoms with Gasteiger partial charge in [-0.3, -0.25) is 9.59 Å². The Bertz CT molecular complexity index is 375. The van der Waals surface area contributed by atoms with Crippen LogP contribution in [0.3, 0.4) is 0 Å². The topological polar surface area (TPSA) is 83.8 Å². The van der Waals surface area contributed by atoms with Crippen LogP contribution in [0, 0.1) is 0 Å². The monoisotopic (exact) mass is 496 g/mol. The first-order valence-corrected chi connectivity index (χ1v) is 14.1. The van der Waals surface area contributed by atoms with Crippen molar-refractivity contribution in [2.75, 3.05) is 13.2 Å². The van der Waals surface area contributed by atoms with E-state index in [0.29, 0.717) is 0 Å². The molecule has 34 heavy (non-hydrogen) atoms. The SMILES string of the molecule is CCCCCCCCCCCCOCCCCCCCCCCCC.O=C(O)CCC(=O)O.[H-].[Na+]. The molecule has 0 amide bonds. The van der Waals surface area contributed by atoms with E-state index in [2.05, 4.69) is 13.8 Å². The predicted octanol–water partition coefficient (Wildman–Crippen LogP) is 5.90. The van der Waals surface area contributed by atoms with Gasteiger partial charge in [0, 0.05) is 13.2 Å². The molecule has 0 fully saturated rings. The molecule has 0 aliphatic heterocycles. The predicted molar refractivity (Wildman–Crippen MR) is 140 cm³/mol. The Balaban J connectivity index is -0.000000412. The maximum atomic E-state index is 9.64. The van der Waals surface area contributed by atoms with E-state index in [9.17, 15) is 9.59 Å². The molecular weight excluding hydrogens is 439 g/mol. The zero-order valence-electron chi connectivity index (χ0n) is 24.1. The van der Waals surface area contributed by atoms with Gasteiger partial charge in [-0.25, -0.2) is 0 Å². The van der Waals surface area contributed by atoms with Crippen molar-refractivity contribution >= 4 is 11.9 Å². The van der Waals surface area contributed by atoms with Gasteiger partial charge >= 0.3 is 41.5 Å². The number of unbranched alkanes of at least 4 members (excludes halogenated alkanes) is 18. The van der Waals surface area contributed by atoms with Gasteiger partial charge in [-0.15, -0.1) is 0 Å². The number of rotatable bonds is 25. The third-order valence-corrected chi connectivity index (χ3v) is 5.84. The normalized spacial score (nSPS) is 10.3. The average molecular weight is 497 g/mol. The Labute approximate surface area is 235 Å². The summed E-state index contributed by atoms with van der Waals surface area (Å²) in [6, 6.07) is 0. The number of carboxylic acids is 2. The minimum absolute atomic E-state index is 0. The zero-order chi connectivity index (χ0) is 24.8. The molecule has 0 unspecified atom stereocenters. The Morgan fingerprint density at radius 3 is 0.971 bits per heavy atom. The van der Waals surface area contributed by atoms with E-state index in [1.54, 1.807) is 0 Å². The Kier molecular flexibility index (Phi) is 39.6. The molecule has 0 saturated heterocycles. The number of aliphatic carboxylic acids is 2. The second kappa shape index (κ2) is 35.1. The molecule has 0 heterocycles. The van der Waals surface area contributed by atoms with E-state index in [1.807, 2.05) is 0 Å². The fourth-order valence-corrected chi connectivity index (χ4v) is 3.70. The maximum Gasteiger partial charge on any atom is 1.00 e. The van der Waals surface area contributed by atoms with Gasteiger partial charge in [0.25, 0.3) is 0 Å². The molecule has 0 aliphatic carbocycles. The van der Waals surface area contributed by atoms with E-state index < -0.39 is 11.9 Å². The Morgan fingerprint density at radius 1 is 0.500 bits per heavy atom. The molecule has 200 valence electrons. The molecule has 0 rings (SSSR count). The molecule has 0 atom stereocenters. The molecular formula is C28H57NaO5. The van der Waals surface area contributed by atoms with Crippen molar-refractivity contribution in [1.29, 1.82) is 0 Å². The van der Waals surface area contributed by atoms with Crippen LogP contribution < -0.4 is 29.6 Å². The van der Waals surface area contributed by atoms with Gasteiger partial charge in [0.05, 0.1) is 12.8 Å². The first-order valence-electron chi connectivity index (χ1n) is 14.1. The van der Waals surface area contributed by atoms with Gasteiger partial charge in [0.15, 0.2) is 0 Å². The molecule has 0 aromatic carbocycles. The number of carboxylic acid groups (broad SMARTS) is 2. The summed E-state index contributed by atoms with van der Waals surface area (Å²) in [5, 5.41) is 15.8. The van der Waals surface area contributed by atoms with E-state index in [0.717, 1.165) is 13.2 Å². The third-order valence-electron chi connectivity index (χ3n) is 5.84. The Morgan fingerprint density at radius 2 is 0.735 bits per heavy atom. The second-order valence-electron chi connectivity index (χ2n) is 9.26. The molecule has 5 nitrogen and oxygen atoms in total. The van der Waals surface area contributed by atoms with E-state index in [-0.39, 0.29) is 43.8 Å². The van der Waals surface area contributed by atoms with Crippen molar-refractivity contribution in [1.82, 2.24) is 0 Å². The molecule has 6 heteroatoms. The summed E-state index contributed by atoms with van der Waals surface area (Å²) in [4.78, 5) is 19.3. The first-order chi connectivity index (χ1) is 16.0. The minimum Gasteiger partial charge on any atom is -1.00 e. The van der Waals surface area contributed by atoms with Crippen molar-refractivity contribution < 1.29 is 55.5 Å². The smallest absolute Gasteiger partial charge is 1.00 e. The summed E-state index contributed by atoms with van der Waals surface area (Å²) >= 11 is 0. The van der Waals surface area contributed by atoms with Crippen LogP contribution in [0.5, 0.6) is 0 Å². The van der Waals surface area contributed by atoms with Crippen LogP contribution in [0.1, 0.15) is 157 Å². The molecule has 0 aliphatic rings. The standard InChI is InChI=1S/C24H50O.C4H6O4.Na.H/c1-3-5-7-9-11-13-15-17-19-21-23-25-24-22-20-18-16-14-12-10-8-6-4-2;5-3(6)1-2-4(7)8;;/h3-24H2,1-2H3;1-2H2,(H,5,6)(H,7,8);;/q;;+1;-1. The summed E-state index contributed by atoms with van der Waals surface area (Å²) in [5.41, 5.74) is 0. The molecule has 0 spiro atoms. The Hall–Kier alpha value is -0.100. The molecule has 2 N–H and O–H groups in total. The van der Waals surface area contributed by atoms with Gasteiger partial charge in [-0.2, -0.15) is 0 Å². The fraction of sp³-hybridized carbons (Fsp3) is 0.929. The van der Waals surface area contributed by atoms with Crippen LogP contribution in [0.25, 0.3) is 0 Å². The largest absolute Gasteiger partial charge is 1.00 e. The summed E-state index contributed by atoms with van der Waals surface area (Å²) in [6.45, 7) is 6.57. The summed E-state index contributed by atoms with van der Waals surface area (Å²) in [5.74, 6) is -2.15. The van der Waals surface area contributed by atoms with E-state index in [1.165, 1.54) is 128 Å². The molecule has 0 radical (unpaired) electrons. The van der Waals surface area contributed by atoms with Crippen LogP contribution in [0.2, 0.25) is 0 Å². The van der Waals surface area contributed by atoms with Crippen LogP contribution in [-0.4, -0.2) is 35.4 Å². The minimum atomic E-state index is -1.08. The van der Waals surface area contributed by atoms with Gasteiger partial charge in [0.2, 0.25) is 0 Å². The van der Waals surface area contributed by atoms with Gasteiger partial charge in [-0.1, -0.05) is 129 Å². The van der Waals surface area contributed by atoms with Crippen molar-refractivity contribution in [3.63, 3.8) is 0 Å². The zero-order valence-corrected chi connectivity index (χ0v) is 25.1. The maximum absolute atomic E-state index is 9.64. The van der Waals surface area contributed by atoms with Gasteiger partial charge < -0.3 is 16.4 Å². The molecule has 0 bridgehead atoms. The number of ether oxygens (including phenoxy) is 1. The molecule has 0 saturated carbocycles. The van der Waals surface area contributed by atoms with E-state index >= 15 is 0 Å². The van der Waals surface area contributed by atoms with Crippen molar-refractivity contribution in [3.8, 4) is 0 Å². The third kappa shape index (κ3) is 42.1.